The second-order valence-electron chi connectivity index (χ2n) is 5.39. The molecule has 0 spiro atoms. The number of hydrogen-bond donors (Lipinski definition) is 1. The van der Waals surface area contributed by atoms with Crippen LogP contribution in [0.4, 0.5) is 0 Å². The molecule has 0 atom stereocenters. The van der Waals surface area contributed by atoms with E-state index in [9.17, 15) is 0 Å². The number of nitrogens with one attached hydrogen (secondary N) is 1. The Morgan fingerprint density at radius 3 is 2.53 bits per heavy atom. The smallest absolute Gasteiger partial charge is 0.140 e. The minimum Gasteiger partial charge on any atom is -0.361 e. The van der Waals surface area contributed by atoms with Crippen LogP contribution in [0.25, 0.3) is 0 Å². The highest BCUT2D eigenvalue weighted by atomic mass is 16.5. The molecular formula is C12H20N2O. The standard InChI is InChI=1S/C12H20N2O/c1-12(2,3)11-8-10(15-14-11)9-4-6-13-7-5-9/h8-9,13H,4-7H2,1-3H3. The van der Waals surface area contributed by atoms with Crippen LogP contribution in [0.15, 0.2) is 10.6 Å². The molecule has 0 unspecified atom stereocenters. The van der Waals surface area contributed by atoms with E-state index >= 15 is 0 Å². The summed E-state index contributed by atoms with van der Waals surface area (Å²) in [4.78, 5) is 0. The van der Waals surface area contributed by atoms with Crippen molar-refractivity contribution >= 4 is 0 Å². The van der Waals surface area contributed by atoms with Crippen LogP contribution in [0.1, 0.15) is 51.0 Å². The first-order chi connectivity index (χ1) is 7.07. The van der Waals surface area contributed by atoms with Crippen LogP contribution in [-0.4, -0.2) is 18.2 Å². The second-order valence-corrected chi connectivity index (χ2v) is 5.39. The number of aromatic nitrogens is 1. The summed E-state index contributed by atoms with van der Waals surface area (Å²) < 4.78 is 5.45. The Hall–Kier alpha value is -0.830. The van der Waals surface area contributed by atoms with Gasteiger partial charge in [0.25, 0.3) is 0 Å². The summed E-state index contributed by atoms with van der Waals surface area (Å²) in [5.41, 5.74) is 1.16. The Morgan fingerprint density at radius 2 is 2.00 bits per heavy atom. The van der Waals surface area contributed by atoms with E-state index in [1.807, 2.05) is 0 Å². The lowest BCUT2D eigenvalue weighted by atomic mass is 9.90. The summed E-state index contributed by atoms with van der Waals surface area (Å²) in [6, 6.07) is 2.13. The van der Waals surface area contributed by atoms with E-state index in [2.05, 4.69) is 37.3 Å². The van der Waals surface area contributed by atoms with Crippen molar-refractivity contribution in [1.82, 2.24) is 10.5 Å². The maximum Gasteiger partial charge on any atom is 0.140 e. The molecule has 0 bridgehead atoms. The molecule has 1 saturated heterocycles. The third kappa shape index (κ3) is 2.40. The van der Waals surface area contributed by atoms with Crippen LogP contribution in [0, 0.1) is 0 Å². The van der Waals surface area contributed by atoms with Crippen LogP contribution in [-0.2, 0) is 5.41 Å². The number of piperidine rings is 1. The summed E-state index contributed by atoms with van der Waals surface area (Å²) in [5, 5.41) is 7.53. The van der Waals surface area contributed by atoms with Crippen molar-refractivity contribution in [1.29, 1.82) is 0 Å². The first-order valence-electron chi connectivity index (χ1n) is 5.75. The van der Waals surface area contributed by atoms with E-state index in [1.165, 1.54) is 12.8 Å². The molecular weight excluding hydrogens is 188 g/mol. The van der Waals surface area contributed by atoms with Gasteiger partial charge in [0, 0.05) is 17.4 Å². The Morgan fingerprint density at radius 1 is 1.33 bits per heavy atom. The van der Waals surface area contributed by atoms with Crippen LogP contribution in [0.5, 0.6) is 0 Å². The Kier molecular flexibility index (Phi) is 2.83. The first-order valence-corrected chi connectivity index (χ1v) is 5.75. The van der Waals surface area contributed by atoms with Gasteiger partial charge in [-0.2, -0.15) is 0 Å². The minimum atomic E-state index is 0.0919. The van der Waals surface area contributed by atoms with Crippen molar-refractivity contribution in [2.75, 3.05) is 13.1 Å². The van der Waals surface area contributed by atoms with Gasteiger partial charge in [-0.15, -0.1) is 0 Å². The third-order valence-electron chi connectivity index (χ3n) is 3.04. The van der Waals surface area contributed by atoms with E-state index in [4.69, 9.17) is 4.52 Å². The summed E-state index contributed by atoms with van der Waals surface area (Å²) >= 11 is 0. The molecule has 0 aliphatic carbocycles. The molecule has 0 aromatic carbocycles. The fraction of sp³-hybridized carbons (Fsp3) is 0.750. The number of hydrogen-bond acceptors (Lipinski definition) is 3. The molecule has 1 aliphatic rings. The molecule has 3 heteroatoms. The predicted molar refractivity (Wildman–Crippen MR) is 60.0 cm³/mol. The van der Waals surface area contributed by atoms with Crippen molar-refractivity contribution in [2.45, 2.75) is 44.9 Å². The SMILES string of the molecule is CC(C)(C)c1cc(C2CCNCC2)on1. The molecule has 1 N–H and O–H groups in total. The van der Waals surface area contributed by atoms with Gasteiger partial charge in [-0.1, -0.05) is 25.9 Å². The quantitative estimate of drug-likeness (QED) is 0.770. The molecule has 3 nitrogen and oxygen atoms in total. The average Bonchev–Trinajstić information content (AvgIpc) is 2.67. The van der Waals surface area contributed by atoms with E-state index in [1.54, 1.807) is 0 Å². The van der Waals surface area contributed by atoms with Gasteiger partial charge in [-0.25, -0.2) is 0 Å². The zero-order chi connectivity index (χ0) is 10.9. The molecule has 1 aromatic rings. The second kappa shape index (κ2) is 3.97. The van der Waals surface area contributed by atoms with Crippen LogP contribution in [0.2, 0.25) is 0 Å². The van der Waals surface area contributed by atoms with E-state index in [0.717, 1.165) is 24.5 Å². The molecule has 2 rings (SSSR count). The normalized spacial score (nSPS) is 19.4. The topological polar surface area (TPSA) is 38.1 Å². The first kappa shape index (κ1) is 10.7. The average molecular weight is 208 g/mol. The maximum absolute atomic E-state index is 5.45. The third-order valence-corrected chi connectivity index (χ3v) is 3.04. The van der Waals surface area contributed by atoms with Gasteiger partial charge >= 0.3 is 0 Å². The van der Waals surface area contributed by atoms with Crippen molar-refractivity contribution in [3.63, 3.8) is 0 Å². The molecule has 0 saturated carbocycles. The summed E-state index contributed by atoms with van der Waals surface area (Å²) in [5.74, 6) is 1.64. The highest BCUT2D eigenvalue weighted by Crippen LogP contribution is 2.29. The lowest BCUT2D eigenvalue weighted by Gasteiger charge is -2.19. The van der Waals surface area contributed by atoms with Crippen LogP contribution < -0.4 is 5.32 Å². The Balaban J connectivity index is 2.12. The molecule has 84 valence electrons. The van der Waals surface area contributed by atoms with Gasteiger partial charge in [-0.3, -0.25) is 0 Å². The van der Waals surface area contributed by atoms with Crippen LogP contribution in [0.3, 0.4) is 0 Å². The fourth-order valence-electron chi connectivity index (χ4n) is 1.94. The monoisotopic (exact) mass is 208 g/mol. The fourth-order valence-corrected chi connectivity index (χ4v) is 1.94. The molecule has 1 aromatic heterocycles. The van der Waals surface area contributed by atoms with Gasteiger partial charge in [-0.05, 0) is 25.9 Å². The predicted octanol–water partition coefficient (Wildman–Crippen LogP) is 2.44. The lowest BCUT2D eigenvalue weighted by Crippen LogP contribution is -2.26. The summed E-state index contributed by atoms with van der Waals surface area (Å²) in [7, 11) is 0. The molecule has 1 aliphatic heterocycles. The van der Waals surface area contributed by atoms with Gasteiger partial charge in [0.1, 0.15) is 5.76 Å². The van der Waals surface area contributed by atoms with Crippen molar-refractivity contribution in [3.8, 4) is 0 Å². The molecule has 15 heavy (non-hydrogen) atoms. The molecule has 2 heterocycles. The molecule has 0 amide bonds. The lowest BCUT2D eigenvalue weighted by molar-refractivity contribution is 0.319. The van der Waals surface area contributed by atoms with Gasteiger partial charge < -0.3 is 9.84 Å². The van der Waals surface area contributed by atoms with Gasteiger partial charge in [0.05, 0.1) is 5.69 Å². The largest absolute Gasteiger partial charge is 0.361 e. The van der Waals surface area contributed by atoms with Crippen molar-refractivity contribution in [2.24, 2.45) is 0 Å². The summed E-state index contributed by atoms with van der Waals surface area (Å²) in [6.45, 7) is 8.68. The molecule has 0 radical (unpaired) electrons. The van der Waals surface area contributed by atoms with E-state index in [0.29, 0.717) is 5.92 Å². The maximum atomic E-state index is 5.45. The zero-order valence-electron chi connectivity index (χ0n) is 9.84. The highest BCUT2D eigenvalue weighted by molar-refractivity contribution is 5.17. The van der Waals surface area contributed by atoms with Crippen molar-refractivity contribution < 1.29 is 4.52 Å². The Labute approximate surface area is 91.2 Å². The zero-order valence-corrected chi connectivity index (χ0v) is 9.84. The van der Waals surface area contributed by atoms with Crippen molar-refractivity contribution in [3.05, 3.63) is 17.5 Å². The van der Waals surface area contributed by atoms with Gasteiger partial charge in [0.15, 0.2) is 0 Å². The number of nitrogens with zero attached hydrogens (tertiary/aromatic N) is 1. The minimum absolute atomic E-state index is 0.0919. The van der Waals surface area contributed by atoms with E-state index < -0.39 is 0 Å². The highest BCUT2D eigenvalue weighted by Gasteiger charge is 2.23. The van der Waals surface area contributed by atoms with Crippen LogP contribution >= 0.6 is 0 Å². The van der Waals surface area contributed by atoms with E-state index in [-0.39, 0.29) is 5.41 Å². The Bertz CT molecular complexity index is 319. The van der Waals surface area contributed by atoms with Gasteiger partial charge in [0.2, 0.25) is 0 Å². The molecule has 1 fully saturated rings. The summed E-state index contributed by atoms with van der Waals surface area (Å²) in [6.07, 6.45) is 2.33. The number of rotatable bonds is 1.